The normalized spacial score (nSPS) is 31.5. The smallest absolute Gasteiger partial charge is 0.0968 e. The fraction of sp³-hybridized carbons (Fsp3) is 0.938. The molecule has 2 heteroatoms. The van der Waals surface area contributed by atoms with E-state index in [-0.39, 0.29) is 0 Å². The van der Waals surface area contributed by atoms with E-state index in [0.717, 1.165) is 24.2 Å². The van der Waals surface area contributed by atoms with Crippen LogP contribution in [-0.2, 0) is 0 Å². The molecule has 0 amide bonds. The van der Waals surface area contributed by atoms with Crippen LogP contribution in [0.4, 0.5) is 0 Å². The Morgan fingerprint density at radius 3 is 2.33 bits per heavy atom. The fourth-order valence-electron chi connectivity index (χ4n) is 3.52. The molecule has 2 aliphatic carbocycles. The zero-order valence-electron chi connectivity index (χ0n) is 12.0. The molecule has 2 saturated carbocycles. The van der Waals surface area contributed by atoms with Crippen LogP contribution in [0.3, 0.4) is 0 Å². The first-order chi connectivity index (χ1) is 8.75. The van der Waals surface area contributed by atoms with Crippen molar-refractivity contribution in [3.05, 3.63) is 0 Å². The summed E-state index contributed by atoms with van der Waals surface area (Å²) < 4.78 is 0. The Labute approximate surface area is 112 Å². The van der Waals surface area contributed by atoms with Gasteiger partial charge in [-0.1, -0.05) is 51.9 Å². The van der Waals surface area contributed by atoms with Gasteiger partial charge >= 0.3 is 0 Å². The van der Waals surface area contributed by atoms with Gasteiger partial charge in [-0.15, -0.1) is 0 Å². The third-order valence-electron chi connectivity index (χ3n) is 4.99. The molecule has 0 aromatic carbocycles. The predicted molar refractivity (Wildman–Crippen MR) is 78.8 cm³/mol. The van der Waals surface area contributed by atoms with Crippen LogP contribution < -0.4 is 5.73 Å². The quantitative estimate of drug-likeness (QED) is 0.591. The van der Waals surface area contributed by atoms with E-state index in [1.807, 2.05) is 0 Å². The van der Waals surface area contributed by atoms with E-state index in [9.17, 15) is 0 Å². The molecule has 0 atom stereocenters. The van der Waals surface area contributed by atoms with Gasteiger partial charge < -0.3 is 5.73 Å². The highest BCUT2D eigenvalue weighted by atomic mass is 14.9. The average Bonchev–Trinajstić information content (AvgIpc) is 2.42. The van der Waals surface area contributed by atoms with Gasteiger partial charge in [0.05, 0.1) is 5.84 Å². The fourth-order valence-corrected chi connectivity index (χ4v) is 3.52. The Hall–Kier alpha value is -0.530. The SMILES string of the molecule is CC1CCC(CCN=C(N)C2CCCCC2)CC1. The highest BCUT2D eigenvalue weighted by Gasteiger charge is 2.19. The first kappa shape index (κ1) is 13.9. The average molecular weight is 250 g/mol. The molecule has 0 aromatic heterocycles. The van der Waals surface area contributed by atoms with Gasteiger partial charge in [0.1, 0.15) is 0 Å². The summed E-state index contributed by atoms with van der Waals surface area (Å²) in [4.78, 5) is 4.66. The summed E-state index contributed by atoms with van der Waals surface area (Å²) in [6, 6.07) is 0. The van der Waals surface area contributed by atoms with Crippen molar-refractivity contribution >= 4 is 5.84 Å². The Morgan fingerprint density at radius 1 is 1.00 bits per heavy atom. The third-order valence-corrected chi connectivity index (χ3v) is 4.99. The zero-order valence-corrected chi connectivity index (χ0v) is 12.0. The van der Waals surface area contributed by atoms with Crippen LogP contribution in [0, 0.1) is 17.8 Å². The maximum absolute atomic E-state index is 6.14. The van der Waals surface area contributed by atoms with Crippen LogP contribution >= 0.6 is 0 Å². The maximum atomic E-state index is 6.14. The summed E-state index contributed by atoms with van der Waals surface area (Å²) in [5.41, 5.74) is 6.14. The summed E-state index contributed by atoms with van der Waals surface area (Å²) in [5, 5.41) is 0. The first-order valence-electron chi connectivity index (χ1n) is 8.05. The van der Waals surface area contributed by atoms with Crippen LogP contribution in [0.2, 0.25) is 0 Å². The van der Waals surface area contributed by atoms with Gasteiger partial charge in [0.15, 0.2) is 0 Å². The third kappa shape index (κ3) is 4.29. The van der Waals surface area contributed by atoms with Crippen LogP contribution in [0.5, 0.6) is 0 Å². The summed E-state index contributed by atoms with van der Waals surface area (Å²) >= 11 is 0. The topological polar surface area (TPSA) is 38.4 Å². The van der Waals surface area contributed by atoms with Crippen LogP contribution in [-0.4, -0.2) is 12.4 Å². The van der Waals surface area contributed by atoms with E-state index in [1.165, 1.54) is 64.2 Å². The molecule has 2 fully saturated rings. The van der Waals surface area contributed by atoms with Crippen molar-refractivity contribution in [1.82, 2.24) is 0 Å². The Balaban J connectivity index is 1.66. The van der Waals surface area contributed by atoms with E-state index in [0.29, 0.717) is 5.92 Å². The molecule has 0 radical (unpaired) electrons. The second-order valence-electron chi connectivity index (χ2n) is 6.56. The van der Waals surface area contributed by atoms with Crippen molar-refractivity contribution in [3.8, 4) is 0 Å². The van der Waals surface area contributed by atoms with Gasteiger partial charge in [0.25, 0.3) is 0 Å². The Bertz CT molecular complexity index is 258. The van der Waals surface area contributed by atoms with Gasteiger partial charge in [0.2, 0.25) is 0 Å². The molecule has 0 bridgehead atoms. The highest BCUT2D eigenvalue weighted by Crippen LogP contribution is 2.30. The van der Waals surface area contributed by atoms with Crippen molar-refractivity contribution in [2.24, 2.45) is 28.5 Å². The lowest BCUT2D eigenvalue weighted by Gasteiger charge is -2.26. The van der Waals surface area contributed by atoms with E-state index in [2.05, 4.69) is 11.9 Å². The van der Waals surface area contributed by atoms with Crippen molar-refractivity contribution in [1.29, 1.82) is 0 Å². The lowest BCUT2D eigenvalue weighted by Crippen LogP contribution is -2.26. The Kier molecular flexibility index (Phi) is 5.52. The number of nitrogens with zero attached hydrogens (tertiary/aromatic N) is 1. The number of amidine groups is 1. The number of nitrogens with two attached hydrogens (primary N) is 1. The van der Waals surface area contributed by atoms with Gasteiger partial charge in [-0.05, 0) is 31.1 Å². The van der Waals surface area contributed by atoms with E-state index >= 15 is 0 Å². The molecule has 0 heterocycles. The molecular weight excluding hydrogens is 220 g/mol. The molecular formula is C16H30N2. The van der Waals surface area contributed by atoms with E-state index in [4.69, 9.17) is 5.73 Å². The van der Waals surface area contributed by atoms with Gasteiger partial charge in [0, 0.05) is 12.5 Å². The minimum atomic E-state index is 0.602. The highest BCUT2D eigenvalue weighted by molar-refractivity contribution is 5.82. The molecule has 0 saturated heterocycles. The van der Waals surface area contributed by atoms with Crippen molar-refractivity contribution in [2.45, 2.75) is 71.1 Å². The van der Waals surface area contributed by atoms with Crippen LogP contribution in [0.1, 0.15) is 71.1 Å². The molecule has 0 aliphatic heterocycles. The number of hydrogen-bond donors (Lipinski definition) is 1. The molecule has 0 aromatic rings. The van der Waals surface area contributed by atoms with Crippen molar-refractivity contribution < 1.29 is 0 Å². The summed E-state index contributed by atoms with van der Waals surface area (Å²) in [6.45, 7) is 3.36. The summed E-state index contributed by atoms with van der Waals surface area (Å²) in [7, 11) is 0. The monoisotopic (exact) mass is 250 g/mol. The van der Waals surface area contributed by atoms with E-state index < -0.39 is 0 Å². The lowest BCUT2D eigenvalue weighted by atomic mass is 9.81. The molecule has 2 N–H and O–H groups in total. The molecule has 2 nitrogen and oxygen atoms in total. The summed E-state index contributed by atoms with van der Waals surface area (Å²) in [6.07, 6.45) is 13.6. The molecule has 0 spiro atoms. The van der Waals surface area contributed by atoms with E-state index in [1.54, 1.807) is 0 Å². The Morgan fingerprint density at radius 2 is 1.67 bits per heavy atom. The molecule has 2 rings (SSSR count). The van der Waals surface area contributed by atoms with Gasteiger partial charge in [-0.25, -0.2) is 0 Å². The number of rotatable bonds is 4. The minimum Gasteiger partial charge on any atom is -0.387 e. The number of hydrogen-bond acceptors (Lipinski definition) is 1. The molecule has 18 heavy (non-hydrogen) atoms. The molecule has 2 aliphatic rings. The lowest BCUT2D eigenvalue weighted by molar-refractivity contribution is 0.280. The predicted octanol–water partition coefficient (Wildman–Crippen LogP) is 4.14. The van der Waals surface area contributed by atoms with Crippen LogP contribution in [0.25, 0.3) is 0 Å². The second-order valence-corrected chi connectivity index (χ2v) is 6.56. The zero-order chi connectivity index (χ0) is 12.8. The van der Waals surface area contributed by atoms with Crippen LogP contribution in [0.15, 0.2) is 4.99 Å². The largest absolute Gasteiger partial charge is 0.387 e. The standard InChI is InChI=1S/C16H30N2/c1-13-7-9-14(10-8-13)11-12-18-16(17)15-5-3-2-4-6-15/h13-15H,2-12H2,1H3,(H2,17,18). The first-order valence-corrected chi connectivity index (χ1v) is 8.05. The minimum absolute atomic E-state index is 0.602. The molecule has 0 unspecified atom stereocenters. The molecule has 104 valence electrons. The van der Waals surface area contributed by atoms with Crippen molar-refractivity contribution in [2.75, 3.05) is 6.54 Å². The second kappa shape index (κ2) is 7.16. The summed E-state index contributed by atoms with van der Waals surface area (Å²) in [5.74, 6) is 3.44. The van der Waals surface area contributed by atoms with Gasteiger partial charge in [-0.2, -0.15) is 0 Å². The number of aliphatic imine (C=N–C) groups is 1. The van der Waals surface area contributed by atoms with Gasteiger partial charge in [-0.3, -0.25) is 4.99 Å². The maximum Gasteiger partial charge on any atom is 0.0968 e. The van der Waals surface area contributed by atoms with Crippen molar-refractivity contribution in [3.63, 3.8) is 0 Å².